The number of anilines is 1. The van der Waals surface area contributed by atoms with Crippen molar-refractivity contribution in [1.29, 1.82) is 0 Å². The van der Waals surface area contributed by atoms with Gasteiger partial charge in [0.15, 0.2) is 17.4 Å². The molecule has 0 saturated heterocycles. The molecule has 3 aromatic heterocycles. The molecule has 0 aliphatic heterocycles. The van der Waals surface area contributed by atoms with Crippen molar-refractivity contribution in [2.45, 2.75) is 382 Å². The topological polar surface area (TPSA) is 79.2 Å². The summed E-state index contributed by atoms with van der Waals surface area (Å²) in [5.41, 5.74) is 28.6. The molecule has 142 heavy (non-hydrogen) atoms. The van der Waals surface area contributed by atoms with Crippen molar-refractivity contribution in [3.8, 4) is 0 Å². The van der Waals surface area contributed by atoms with Crippen LogP contribution >= 0.6 is 11.6 Å². The average Bonchev–Trinajstić information content (AvgIpc) is 0.813. The van der Waals surface area contributed by atoms with E-state index in [9.17, 15) is 26.7 Å². The second-order valence-corrected chi connectivity index (χ2v) is 49.9. The smallest absolute Gasteiger partial charge is 0.392 e. The van der Waals surface area contributed by atoms with Crippen molar-refractivity contribution in [2.24, 2.45) is 0 Å². The van der Waals surface area contributed by atoms with Gasteiger partial charge in [-0.05, 0) is 292 Å². The number of aliphatic hydroxyl groups excluding tert-OH is 1. The minimum absolute atomic E-state index is 0.0707. The number of aliphatic hydroxyl groups is 1. The number of carbonyl (C=O) groups is 1. The molecule has 12 aromatic rings. The Labute approximate surface area is 866 Å². The number of nitrogens with zero attached hydrogens (tertiary/aromatic N) is 4. The van der Waals surface area contributed by atoms with E-state index in [-0.39, 0.29) is 77.4 Å². The Kier molecular flexibility index (Phi) is 51.0. The molecule has 1 N–H and O–H groups in total. The summed E-state index contributed by atoms with van der Waals surface area (Å²) in [5.74, 6) is -1.43. The molecule has 0 aliphatic rings. The van der Waals surface area contributed by atoms with E-state index in [1.54, 1.807) is 31.5 Å². The zero-order chi connectivity index (χ0) is 110. The molecule has 3 heterocycles. The van der Waals surface area contributed by atoms with Crippen LogP contribution < -0.4 is 4.90 Å². The number of aryl methyl sites for hydroxylation is 6. The summed E-state index contributed by atoms with van der Waals surface area (Å²) >= 11 is 6.11. The Morgan fingerprint density at radius 3 is 0.951 bits per heavy atom. The molecule has 0 spiro atoms. The summed E-state index contributed by atoms with van der Waals surface area (Å²) < 4.78 is 62.3. The van der Waals surface area contributed by atoms with Crippen molar-refractivity contribution in [3.05, 3.63) is 401 Å². The number of halogens is 6. The zero-order valence-electron chi connectivity index (χ0n) is 96.4. The van der Waals surface area contributed by atoms with E-state index >= 15 is 0 Å². The summed E-state index contributed by atoms with van der Waals surface area (Å²) in [6, 6.07) is 72.5. The van der Waals surface area contributed by atoms with E-state index in [0.717, 1.165) is 39.4 Å². The van der Waals surface area contributed by atoms with E-state index in [4.69, 9.17) is 16.7 Å². The van der Waals surface area contributed by atoms with Crippen LogP contribution in [0.5, 0.6) is 0 Å². The maximum atomic E-state index is 12.7. The number of alkyl halides is 3. The van der Waals surface area contributed by atoms with Crippen LogP contribution in [0.1, 0.15) is 383 Å². The summed E-state index contributed by atoms with van der Waals surface area (Å²) in [5, 5.41) is 10.0. The van der Waals surface area contributed by atoms with E-state index in [0.29, 0.717) is 5.56 Å². The standard InChI is InChI=1S/C12H19N.C12H16O.C12H18.C11H15Cl.C11H13F3.C11H17NO.3C11H16.C10H12F2.2C9H13N/c1-12(2,3)10-6-8-11(9-7-10)13(4)5;1-9(13)10-6-5-7-11(8-10)12(2,3)4;1-9-7-6-8-11(10(9)2)12(3,4)5;1-8-6-5-7-9(12)10(8)11(2,3)4;1-10(2,3)8-5-4-6-9(7-8)11(12,13)14;1-8-5-12-6-9(7-13)10(8)11(2,3)4;3*1-9-7-5-6-8-10(9)11(2,3)4;1-10(2,3)7-4-5-8(11)9(12)6-7;1-9(2,3)8-4-6-10-7-5-8;1-9(2,3)8-5-4-6-10-7-8/h6-9H,1-5H3;5-8H,1-4H3;6-8H,1-5H3;5-7H,1-4H3;4-7H,1-3H3;5-6,13H,7H2,1-4H3;3*5-8H,1-4H3;4-6H,1-3H3;2*4-7H,1-3H3. The number of ketones is 1. The third-order valence-corrected chi connectivity index (χ3v) is 24.0. The molecule has 0 atom stereocenters. The minimum Gasteiger partial charge on any atom is -0.392 e. The van der Waals surface area contributed by atoms with Gasteiger partial charge in [-0.2, -0.15) is 13.2 Å². The van der Waals surface area contributed by atoms with E-state index in [2.05, 4.69) is 429 Å². The van der Waals surface area contributed by atoms with Crippen molar-refractivity contribution in [2.75, 3.05) is 19.0 Å². The molecular formula is C130H184ClF5N4O2. The Morgan fingerprint density at radius 1 is 0.296 bits per heavy atom. The molecule has 0 fully saturated rings. The Bertz CT molecular complexity index is 5490. The largest absolute Gasteiger partial charge is 0.416 e. The molecule has 9 aromatic carbocycles. The maximum absolute atomic E-state index is 12.7. The average molecular weight is 1970 g/mol. The lowest BCUT2D eigenvalue weighted by atomic mass is 9.82. The lowest BCUT2D eigenvalue weighted by Crippen LogP contribution is -2.16. The quantitative estimate of drug-likeness (QED) is 0.140. The molecule has 0 aliphatic carbocycles. The van der Waals surface area contributed by atoms with Crippen LogP contribution in [0.2, 0.25) is 5.02 Å². The zero-order valence-corrected chi connectivity index (χ0v) is 97.2. The van der Waals surface area contributed by atoms with Gasteiger partial charge in [0.2, 0.25) is 0 Å². The summed E-state index contributed by atoms with van der Waals surface area (Å²) in [4.78, 5) is 25.3. The predicted octanol–water partition coefficient (Wildman–Crippen LogP) is 37.9. The number of benzene rings is 9. The highest BCUT2D eigenvalue weighted by Crippen LogP contribution is 2.37. The van der Waals surface area contributed by atoms with Gasteiger partial charge < -0.3 is 10.0 Å². The molecule has 0 amide bonds. The van der Waals surface area contributed by atoms with Gasteiger partial charge in [0.25, 0.3) is 0 Å². The Hall–Kier alpha value is -10.2. The second-order valence-electron chi connectivity index (χ2n) is 49.5. The SMILES string of the molecule is CC(=O)c1cccc(C(C)(C)C)c1.CC(C)(C)c1ccc(F)c(F)c1.CC(C)(C)c1cccc(C(F)(F)F)c1.CC(C)(C)c1cccnc1.CC(C)(C)c1ccncc1.CN(C)c1ccc(C(C)(C)C)cc1.Cc1cccc(C(C)(C)C)c1C.Cc1cccc(Cl)c1C(C)(C)C.Cc1ccccc1C(C)(C)C.Cc1ccccc1C(C)(C)C.Cc1ccccc1C(C)(C)C.Cc1cncc(CO)c1C(C)(C)C. The van der Waals surface area contributed by atoms with Gasteiger partial charge in [-0.1, -0.05) is 425 Å². The van der Waals surface area contributed by atoms with Gasteiger partial charge in [-0.3, -0.25) is 19.7 Å². The molecule has 6 nitrogen and oxygen atoms in total. The van der Waals surface area contributed by atoms with Crippen LogP contribution in [0.25, 0.3) is 0 Å². The number of hydrogen-bond acceptors (Lipinski definition) is 6. The Morgan fingerprint density at radius 2 is 0.641 bits per heavy atom. The maximum Gasteiger partial charge on any atom is 0.416 e. The van der Waals surface area contributed by atoms with Crippen molar-refractivity contribution < 1.29 is 31.9 Å². The third kappa shape index (κ3) is 48.0. The predicted molar refractivity (Wildman–Crippen MR) is 608 cm³/mol. The number of rotatable bonds is 3. The number of pyridine rings is 3. The molecular weight excluding hydrogens is 1780 g/mol. The van der Waals surface area contributed by atoms with Gasteiger partial charge >= 0.3 is 6.18 Å². The minimum atomic E-state index is -4.25. The normalized spacial score (nSPS) is 11.8. The fourth-order valence-electron chi connectivity index (χ4n) is 15.5. The van der Waals surface area contributed by atoms with Crippen molar-refractivity contribution >= 4 is 23.1 Å². The molecule has 0 unspecified atom stereocenters. The fraction of sp³-hybridized carbons (Fsp3) is 0.462. The van der Waals surface area contributed by atoms with Crippen molar-refractivity contribution in [1.82, 2.24) is 15.0 Å². The number of carbonyl (C=O) groups excluding carboxylic acids is 1. The number of Topliss-reactive ketones (excluding diaryl/α,β-unsaturated/α-hetero) is 1. The summed E-state index contributed by atoms with van der Waals surface area (Å²) in [7, 11) is 4.12. The van der Waals surface area contributed by atoms with Crippen LogP contribution in [-0.2, 0) is 77.8 Å². The lowest BCUT2D eigenvalue weighted by Gasteiger charge is -2.24. The number of aromatic nitrogens is 3. The highest BCUT2D eigenvalue weighted by Gasteiger charge is 2.32. The van der Waals surface area contributed by atoms with Gasteiger partial charge in [-0.25, -0.2) is 8.78 Å². The van der Waals surface area contributed by atoms with Crippen LogP contribution in [0.3, 0.4) is 0 Å². The van der Waals surface area contributed by atoms with Gasteiger partial charge in [-0.15, -0.1) is 0 Å². The van der Waals surface area contributed by atoms with Crippen LogP contribution in [0.15, 0.2) is 262 Å². The molecule has 0 radical (unpaired) electrons. The molecule has 12 heteroatoms. The summed E-state index contributed by atoms with van der Waals surface area (Å²) in [6.07, 6.45) is 6.73. The van der Waals surface area contributed by atoms with Crippen LogP contribution in [0, 0.1) is 60.1 Å². The first kappa shape index (κ1) is 130. The van der Waals surface area contributed by atoms with E-state index in [1.165, 1.54) is 113 Å². The Balaban J connectivity index is 0.000000775. The second kappa shape index (κ2) is 55.8. The van der Waals surface area contributed by atoms with Crippen LogP contribution in [0.4, 0.5) is 27.6 Å². The summed E-state index contributed by atoms with van der Waals surface area (Å²) in [6.45, 7) is 94.5. The molecule has 12 rings (SSSR count). The first-order valence-electron chi connectivity index (χ1n) is 49.9. The first-order chi connectivity index (χ1) is 64.5. The van der Waals surface area contributed by atoms with E-state index < -0.39 is 23.4 Å². The third-order valence-electron chi connectivity index (χ3n) is 23.7. The monoisotopic (exact) mass is 1960 g/mol. The highest BCUT2D eigenvalue weighted by molar-refractivity contribution is 6.31. The van der Waals surface area contributed by atoms with Crippen molar-refractivity contribution in [3.63, 3.8) is 0 Å². The van der Waals surface area contributed by atoms with E-state index in [1.807, 2.05) is 110 Å². The van der Waals surface area contributed by atoms with Gasteiger partial charge in [0.1, 0.15) is 0 Å². The van der Waals surface area contributed by atoms with Crippen LogP contribution in [-0.4, -0.2) is 39.9 Å². The molecule has 0 saturated carbocycles. The van der Waals surface area contributed by atoms with Gasteiger partial charge in [0, 0.05) is 67.5 Å². The van der Waals surface area contributed by atoms with Gasteiger partial charge in [0.05, 0.1) is 12.2 Å². The fourth-order valence-corrected chi connectivity index (χ4v) is 16.0. The highest BCUT2D eigenvalue weighted by atomic mass is 35.5. The number of hydrogen-bond donors (Lipinski definition) is 1. The molecule has 0 bridgehead atoms. The lowest BCUT2D eigenvalue weighted by molar-refractivity contribution is -0.137. The molecule has 778 valence electrons. The first-order valence-corrected chi connectivity index (χ1v) is 50.3.